The van der Waals surface area contributed by atoms with E-state index in [0.29, 0.717) is 6.54 Å². The maximum absolute atomic E-state index is 11.8. The van der Waals surface area contributed by atoms with E-state index < -0.39 is 0 Å². The molecule has 1 aliphatic carbocycles. The first kappa shape index (κ1) is 11.6. The van der Waals surface area contributed by atoms with E-state index in [4.69, 9.17) is 0 Å². The normalized spacial score (nSPS) is 18.8. The standard InChI is InChI=1S/C13H20N4O/c1-3-4-10-12-13(16(2)15-10)17(7-9-5-6-9)8-11(18)14-12/h9H,3-8H2,1-2H3,(H,14,18). The number of aryl methyl sites for hydroxylation is 2. The Labute approximate surface area is 107 Å². The zero-order chi connectivity index (χ0) is 12.7. The zero-order valence-corrected chi connectivity index (χ0v) is 11.1. The Morgan fingerprint density at radius 1 is 1.44 bits per heavy atom. The number of fused-ring (bicyclic) bond motifs is 1. The summed E-state index contributed by atoms with van der Waals surface area (Å²) in [5, 5.41) is 7.55. The van der Waals surface area contributed by atoms with Gasteiger partial charge in [-0.05, 0) is 25.2 Å². The smallest absolute Gasteiger partial charge is 0.244 e. The van der Waals surface area contributed by atoms with Gasteiger partial charge in [0.1, 0.15) is 5.69 Å². The summed E-state index contributed by atoms with van der Waals surface area (Å²) >= 11 is 0. The van der Waals surface area contributed by atoms with Gasteiger partial charge in [-0.2, -0.15) is 5.10 Å². The van der Waals surface area contributed by atoms with Crippen LogP contribution >= 0.6 is 0 Å². The van der Waals surface area contributed by atoms with Crippen LogP contribution in [0.4, 0.5) is 11.5 Å². The fourth-order valence-electron chi connectivity index (χ4n) is 2.66. The molecule has 1 saturated carbocycles. The van der Waals surface area contributed by atoms with Crippen LogP contribution in [0.2, 0.25) is 0 Å². The fourth-order valence-corrected chi connectivity index (χ4v) is 2.66. The lowest BCUT2D eigenvalue weighted by atomic mass is 10.2. The first-order chi connectivity index (χ1) is 8.69. The predicted molar refractivity (Wildman–Crippen MR) is 70.8 cm³/mol. The number of amides is 1. The third kappa shape index (κ3) is 1.98. The Hall–Kier alpha value is -1.52. The molecule has 1 aromatic heterocycles. The number of hydrogen-bond donors (Lipinski definition) is 1. The Morgan fingerprint density at radius 2 is 2.22 bits per heavy atom. The summed E-state index contributed by atoms with van der Waals surface area (Å²) < 4.78 is 1.92. The number of carbonyl (C=O) groups excluding carboxylic acids is 1. The Bertz CT molecular complexity index is 476. The second-order valence-corrected chi connectivity index (χ2v) is 5.39. The molecule has 98 valence electrons. The van der Waals surface area contributed by atoms with Crippen LogP contribution in [0.1, 0.15) is 31.9 Å². The van der Waals surface area contributed by atoms with Crippen molar-refractivity contribution >= 4 is 17.4 Å². The largest absolute Gasteiger partial charge is 0.345 e. The number of nitrogens with one attached hydrogen (secondary N) is 1. The number of aromatic nitrogens is 2. The van der Waals surface area contributed by atoms with Gasteiger partial charge in [-0.25, -0.2) is 0 Å². The summed E-state index contributed by atoms with van der Waals surface area (Å²) in [7, 11) is 1.97. The van der Waals surface area contributed by atoms with Crippen molar-refractivity contribution in [3.8, 4) is 0 Å². The van der Waals surface area contributed by atoms with Gasteiger partial charge in [-0.3, -0.25) is 9.48 Å². The molecule has 0 unspecified atom stereocenters. The lowest BCUT2D eigenvalue weighted by molar-refractivity contribution is -0.115. The van der Waals surface area contributed by atoms with E-state index in [9.17, 15) is 4.79 Å². The van der Waals surface area contributed by atoms with Crippen molar-refractivity contribution in [3.05, 3.63) is 5.69 Å². The van der Waals surface area contributed by atoms with E-state index in [1.807, 2.05) is 11.7 Å². The summed E-state index contributed by atoms with van der Waals surface area (Å²) in [6.07, 6.45) is 4.56. The van der Waals surface area contributed by atoms with Gasteiger partial charge in [-0.1, -0.05) is 13.3 Å². The molecule has 2 heterocycles. The first-order valence-corrected chi connectivity index (χ1v) is 6.79. The van der Waals surface area contributed by atoms with Gasteiger partial charge in [0.25, 0.3) is 0 Å². The Morgan fingerprint density at radius 3 is 2.89 bits per heavy atom. The average Bonchev–Trinajstić information content (AvgIpc) is 3.06. The maximum Gasteiger partial charge on any atom is 0.244 e. The minimum atomic E-state index is 0.0912. The molecule has 0 spiro atoms. The second kappa shape index (κ2) is 4.30. The van der Waals surface area contributed by atoms with Crippen LogP contribution in [0.5, 0.6) is 0 Å². The quantitative estimate of drug-likeness (QED) is 0.879. The SMILES string of the molecule is CCCc1nn(C)c2c1NC(=O)CN2CC1CC1. The van der Waals surface area contributed by atoms with Crippen LogP contribution in [0, 0.1) is 5.92 Å². The van der Waals surface area contributed by atoms with Crippen LogP contribution < -0.4 is 10.2 Å². The molecule has 2 aliphatic rings. The fraction of sp³-hybridized carbons (Fsp3) is 0.692. The number of hydrogen-bond acceptors (Lipinski definition) is 3. The van der Waals surface area contributed by atoms with Crippen LogP contribution in [-0.2, 0) is 18.3 Å². The maximum atomic E-state index is 11.8. The molecular formula is C13H20N4O. The van der Waals surface area contributed by atoms with Gasteiger partial charge in [0.2, 0.25) is 5.91 Å². The molecule has 3 rings (SSSR count). The monoisotopic (exact) mass is 248 g/mol. The highest BCUT2D eigenvalue weighted by molar-refractivity contribution is 6.01. The zero-order valence-electron chi connectivity index (χ0n) is 11.1. The molecule has 1 fully saturated rings. The number of rotatable bonds is 4. The van der Waals surface area contributed by atoms with Gasteiger partial charge in [-0.15, -0.1) is 0 Å². The minimum absolute atomic E-state index is 0.0912. The number of nitrogens with zero attached hydrogens (tertiary/aromatic N) is 3. The van der Waals surface area contributed by atoms with Crippen molar-refractivity contribution in [2.24, 2.45) is 13.0 Å². The average molecular weight is 248 g/mol. The van der Waals surface area contributed by atoms with Crippen LogP contribution in [0.25, 0.3) is 0 Å². The van der Waals surface area contributed by atoms with Gasteiger partial charge >= 0.3 is 0 Å². The van der Waals surface area contributed by atoms with E-state index in [2.05, 4.69) is 22.2 Å². The van der Waals surface area contributed by atoms with Crippen molar-refractivity contribution in [2.45, 2.75) is 32.6 Å². The summed E-state index contributed by atoms with van der Waals surface area (Å²) in [6.45, 7) is 3.59. The minimum Gasteiger partial charge on any atom is -0.345 e. The highest BCUT2D eigenvalue weighted by Gasteiger charge is 2.32. The third-order valence-corrected chi connectivity index (χ3v) is 3.65. The molecule has 0 bridgehead atoms. The molecular weight excluding hydrogens is 228 g/mol. The molecule has 5 heteroatoms. The first-order valence-electron chi connectivity index (χ1n) is 6.79. The summed E-state index contributed by atoms with van der Waals surface area (Å²) in [5.41, 5.74) is 1.96. The molecule has 0 saturated heterocycles. The van der Waals surface area contributed by atoms with Crippen molar-refractivity contribution in [2.75, 3.05) is 23.3 Å². The Balaban J connectivity index is 1.95. The number of carbonyl (C=O) groups is 1. The van der Waals surface area contributed by atoms with Crippen molar-refractivity contribution < 1.29 is 4.79 Å². The molecule has 18 heavy (non-hydrogen) atoms. The molecule has 0 aromatic carbocycles. The summed E-state index contributed by atoms with van der Waals surface area (Å²) in [5.74, 6) is 1.95. The highest BCUT2D eigenvalue weighted by Crippen LogP contribution is 2.37. The molecule has 1 N–H and O–H groups in total. The topological polar surface area (TPSA) is 50.2 Å². The van der Waals surface area contributed by atoms with E-state index >= 15 is 0 Å². The van der Waals surface area contributed by atoms with E-state index in [1.54, 1.807) is 0 Å². The molecule has 5 nitrogen and oxygen atoms in total. The second-order valence-electron chi connectivity index (χ2n) is 5.39. The number of anilines is 2. The molecule has 1 aliphatic heterocycles. The van der Waals surface area contributed by atoms with Crippen molar-refractivity contribution in [1.82, 2.24) is 9.78 Å². The van der Waals surface area contributed by atoms with Gasteiger partial charge in [0.15, 0.2) is 5.82 Å². The van der Waals surface area contributed by atoms with Crippen LogP contribution in [0.15, 0.2) is 0 Å². The third-order valence-electron chi connectivity index (χ3n) is 3.65. The predicted octanol–water partition coefficient (Wildman–Crippen LogP) is 1.54. The molecule has 0 atom stereocenters. The summed E-state index contributed by atoms with van der Waals surface area (Å²) in [4.78, 5) is 14.0. The van der Waals surface area contributed by atoms with Crippen molar-refractivity contribution in [3.63, 3.8) is 0 Å². The highest BCUT2D eigenvalue weighted by atomic mass is 16.2. The van der Waals surface area contributed by atoms with Crippen LogP contribution in [-0.4, -0.2) is 28.8 Å². The summed E-state index contributed by atoms with van der Waals surface area (Å²) in [6, 6.07) is 0. The van der Waals surface area contributed by atoms with Gasteiger partial charge in [0, 0.05) is 13.6 Å². The van der Waals surface area contributed by atoms with E-state index in [-0.39, 0.29) is 5.91 Å². The van der Waals surface area contributed by atoms with E-state index in [0.717, 1.165) is 42.5 Å². The molecule has 1 aromatic rings. The van der Waals surface area contributed by atoms with Gasteiger partial charge < -0.3 is 10.2 Å². The lowest BCUT2D eigenvalue weighted by Gasteiger charge is -2.29. The molecule has 0 radical (unpaired) electrons. The van der Waals surface area contributed by atoms with E-state index in [1.165, 1.54) is 12.8 Å². The lowest BCUT2D eigenvalue weighted by Crippen LogP contribution is -2.40. The van der Waals surface area contributed by atoms with Crippen molar-refractivity contribution in [1.29, 1.82) is 0 Å². The van der Waals surface area contributed by atoms with Crippen LogP contribution in [0.3, 0.4) is 0 Å². The Kier molecular flexibility index (Phi) is 2.76. The van der Waals surface area contributed by atoms with Gasteiger partial charge in [0.05, 0.1) is 12.2 Å². The molecule has 1 amide bonds.